The van der Waals surface area contributed by atoms with E-state index >= 15 is 0 Å². The molecule has 150 valence electrons. The van der Waals surface area contributed by atoms with Crippen LogP contribution in [0.5, 0.6) is 11.5 Å². The molecule has 1 aromatic rings. The minimum Gasteiger partial charge on any atom is -0.496 e. The Kier molecular flexibility index (Phi) is 6.57. The molecular formula is C20H31N3O4. The van der Waals surface area contributed by atoms with Gasteiger partial charge in [-0.2, -0.15) is 0 Å². The van der Waals surface area contributed by atoms with E-state index in [2.05, 4.69) is 22.2 Å². The Morgan fingerprint density at radius 1 is 1.11 bits per heavy atom. The molecule has 0 aliphatic carbocycles. The molecule has 2 saturated heterocycles. The third kappa shape index (κ3) is 4.36. The lowest BCUT2D eigenvalue weighted by molar-refractivity contribution is -0.0439. The Morgan fingerprint density at radius 3 is 2.26 bits per heavy atom. The zero-order valence-electron chi connectivity index (χ0n) is 16.6. The summed E-state index contributed by atoms with van der Waals surface area (Å²) in [5, 5.41) is 3.17. The highest BCUT2D eigenvalue weighted by atomic mass is 16.5. The fourth-order valence-corrected chi connectivity index (χ4v) is 4.09. The minimum atomic E-state index is -0.157. The van der Waals surface area contributed by atoms with Crippen molar-refractivity contribution in [1.82, 2.24) is 15.1 Å². The molecule has 2 aliphatic heterocycles. The summed E-state index contributed by atoms with van der Waals surface area (Å²) in [6.45, 7) is 6.02. The predicted molar refractivity (Wildman–Crippen MR) is 104 cm³/mol. The number of hydrogen-bond acceptors (Lipinski definition) is 6. The smallest absolute Gasteiger partial charge is 0.258 e. The van der Waals surface area contributed by atoms with Gasteiger partial charge in [0.2, 0.25) is 0 Å². The highest BCUT2D eigenvalue weighted by Crippen LogP contribution is 2.31. The van der Waals surface area contributed by atoms with E-state index in [-0.39, 0.29) is 11.4 Å². The fraction of sp³-hybridized carbons (Fsp3) is 0.650. The summed E-state index contributed by atoms with van der Waals surface area (Å²) < 4.78 is 16.3. The van der Waals surface area contributed by atoms with Gasteiger partial charge in [-0.05, 0) is 45.1 Å². The lowest BCUT2D eigenvalue weighted by Crippen LogP contribution is -2.62. The van der Waals surface area contributed by atoms with Crippen LogP contribution in [0.25, 0.3) is 0 Å². The summed E-state index contributed by atoms with van der Waals surface area (Å²) in [7, 11) is 5.29. The Hall–Kier alpha value is -1.83. The van der Waals surface area contributed by atoms with E-state index in [1.54, 1.807) is 26.4 Å². The molecule has 0 saturated carbocycles. The molecule has 1 N–H and O–H groups in total. The van der Waals surface area contributed by atoms with Gasteiger partial charge in [-0.25, -0.2) is 0 Å². The first-order valence-electron chi connectivity index (χ1n) is 9.60. The first-order valence-corrected chi connectivity index (χ1v) is 9.60. The molecular weight excluding hydrogens is 346 g/mol. The van der Waals surface area contributed by atoms with E-state index in [1.165, 1.54) is 0 Å². The average Bonchev–Trinajstić information content (AvgIpc) is 2.73. The van der Waals surface area contributed by atoms with Crippen molar-refractivity contribution >= 4 is 5.91 Å². The van der Waals surface area contributed by atoms with Crippen LogP contribution in [0.3, 0.4) is 0 Å². The van der Waals surface area contributed by atoms with Crippen molar-refractivity contribution in [3.63, 3.8) is 0 Å². The van der Waals surface area contributed by atoms with Crippen molar-refractivity contribution in [2.75, 3.05) is 67.2 Å². The minimum absolute atomic E-state index is 0.0266. The molecule has 2 fully saturated rings. The van der Waals surface area contributed by atoms with Crippen molar-refractivity contribution in [3.05, 3.63) is 23.8 Å². The predicted octanol–water partition coefficient (Wildman–Crippen LogP) is 1.23. The molecule has 0 spiro atoms. The van der Waals surface area contributed by atoms with Crippen LogP contribution in [0.4, 0.5) is 0 Å². The largest absolute Gasteiger partial charge is 0.496 e. The molecule has 0 radical (unpaired) electrons. The summed E-state index contributed by atoms with van der Waals surface area (Å²) in [6.07, 6.45) is 2.07. The first-order chi connectivity index (χ1) is 13.1. The molecule has 2 aliphatic rings. The second kappa shape index (κ2) is 8.91. The molecule has 0 unspecified atom stereocenters. The quantitative estimate of drug-likeness (QED) is 0.805. The molecule has 3 rings (SSSR count). The maximum atomic E-state index is 13.0. The van der Waals surface area contributed by atoms with E-state index in [1.807, 2.05) is 6.07 Å². The van der Waals surface area contributed by atoms with Gasteiger partial charge in [-0.3, -0.25) is 9.69 Å². The van der Waals surface area contributed by atoms with Gasteiger partial charge in [-0.1, -0.05) is 6.07 Å². The molecule has 0 atom stereocenters. The summed E-state index contributed by atoms with van der Waals surface area (Å²) >= 11 is 0. The number of hydrogen-bond donors (Lipinski definition) is 1. The normalized spacial score (nSPS) is 20.9. The van der Waals surface area contributed by atoms with Gasteiger partial charge in [0, 0.05) is 25.2 Å². The van der Waals surface area contributed by atoms with Crippen LogP contribution in [-0.2, 0) is 4.74 Å². The number of methoxy groups -OCH3 is 2. The van der Waals surface area contributed by atoms with Crippen molar-refractivity contribution in [1.29, 1.82) is 0 Å². The van der Waals surface area contributed by atoms with Crippen LogP contribution in [0.1, 0.15) is 23.2 Å². The third-order valence-electron chi connectivity index (χ3n) is 5.83. The monoisotopic (exact) mass is 377 g/mol. The van der Waals surface area contributed by atoms with Gasteiger partial charge in [0.1, 0.15) is 17.1 Å². The van der Waals surface area contributed by atoms with Gasteiger partial charge in [0.15, 0.2) is 0 Å². The number of benzene rings is 1. The standard InChI is InChI=1S/C20H31N3O4/c1-22-9-7-20(8-10-22,23-11-13-27-14-12-23)15-21-19(24)18-16(25-2)5-4-6-17(18)26-3/h4-6H,7-15H2,1-3H3,(H,21,24). The number of carbonyl (C=O) groups excluding carboxylic acids is 1. The van der Waals surface area contributed by atoms with E-state index in [4.69, 9.17) is 14.2 Å². The number of carbonyl (C=O) groups is 1. The first kappa shape index (κ1) is 19.9. The maximum absolute atomic E-state index is 13.0. The third-order valence-corrected chi connectivity index (χ3v) is 5.83. The highest BCUT2D eigenvalue weighted by Gasteiger charge is 2.40. The fourth-order valence-electron chi connectivity index (χ4n) is 4.09. The molecule has 1 aromatic carbocycles. The van der Waals surface area contributed by atoms with E-state index in [9.17, 15) is 4.79 Å². The summed E-state index contributed by atoms with van der Waals surface area (Å²) in [5.41, 5.74) is 0.425. The van der Waals surface area contributed by atoms with Crippen LogP contribution >= 0.6 is 0 Å². The maximum Gasteiger partial charge on any atom is 0.258 e. The van der Waals surface area contributed by atoms with Crippen LogP contribution in [0, 0.1) is 0 Å². The zero-order chi connectivity index (χ0) is 19.3. The van der Waals surface area contributed by atoms with E-state index < -0.39 is 0 Å². The van der Waals surface area contributed by atoms with Crippen molar-refractivity contribution < 1.29 is 19.0 Å². The number of amides is 1. The Bertz CT molecular complexity index is 616. The number of rotatable bonds is 6. The molecule has 2 heterocycles. The number of likely N-dealkylation sites (tertiary alicyclic amines) is 1. The van der Waals surface area contributed by atoms with Gasteiger partial charge >= 0.3 is 0 Å². The van der Waals surface area contributed by atoms with E-state index in [0.29, 0.717) is 23.6 Å². The Labute approximate surface area is 161 Å². The molecule has 0 bridgehead atoms. The molecule has 1 amide bonds. The molecule has 27 heavy (non-hydrogen) atoms. The van der Waals surface area contributed by atoms with E-state index in [0.717, 1.165) is 52.2 Å². The summed E-state index contributed by atoms with van der Waals surface area (Å²) in [6, 6.07) is 5.39. The SMILES string of the molecule is COc1cccc(OC)c1C(=O)NCC1(N2CCOCC2)CCN(C)CC1. The number of piperidine rings is 1. The van der Waals surface area contributed by atoms with Crippen LogP contribution in [0.15, 0.2) is 18.2 Å². The topological polar surface area (TPSA) is 63.3 Å². The van der Waals surface area contributed by atoms with Gasteiger partial charge < -0.3 is 24.4 Å². The van der Waals surface area contributed by atoms with Crippen molar-refractivity contribution in [2.45, 2.75) is 18.4 Å². The zero-order valence-corrected chi connectivity index (χ0v) is 16.6. The van der Waals surface area contributed by atoms with Crippen LogP contribution in [-0.4, -0.2) is 88.5 Å². The summed E-state index contributed by atoms with van der Waals surface area (Å²) in [4.78, 5) is 17.9. The second-order valence-corrected chi connectivity index (χ2v) is 7.35. The molecule has 0 aromatic heterocycles. The van der Waals surface area contributed by atoms with Gasteiger partial charge in [0.25, 0.3) is 5.91 Å². The Balaban J connectivity index is 1.76. The number of nitrogens with zero attached hydrogens (tertiary/aromatic N) is 2. The number of ether oxygens (including phenoxy) is 3. The molecule has 7 heteroatoms. The second-order valence-electron chi connectivity index (χ2n) is 7.35. The van der Waals surface area contributed by atoms with Crippen molar-refractivity contribution in [2.24, 2.45) is 0 Å². The van der Waals surface area contributed by atoms with Gasteiger partial charge in [0.05, 0.1) is 27.4 Å². The van der Waals surface area contributed by atoms with Crippen LogP contribution < -0.4 is 14.8 Å². The van der Waals surface area contributed by atoms with Crippen molar-refractivity contribution in [3.8, 4) is 11.5 Å². The number of morpholine rings is 1. The van der Waals surface area contributed by atoms with Crippen LogP contribution in [0.2, 0.25) is 0 Å². The highest BCUT2D eigenvalue weighted by molar-refractivity contribution is 5.99. The molecule has 7 nitrogen and oxygen atoms in total. The lowest BCUT2D eigenvalue weighted by Gasteiger charge is -2.49. The average molecular weight is 377 g/mol. The summed E-state index contributed by atoms with van der Waals surface area (Å²) in [5.74, 6) is 0.891. The Morgan fingerprint density at radius 2 is 1.70 bits per heavy atom. The lowest BCUT2D eigenvalue weighted by atomic mass is 9.85. The number of nitrogens with one attached hydrogen (secondary N) is 1. The van der Waals surface area contributed by atoms with Gasteiger partial charge in [-0.15, -0.1) is 0 Å².